The number of halogens is 1. The van der Waals surface area contributed by atoms with Gasteiger partial charge in [0.2, 0.25) is 5.91 Å². The van der Waals surface area contributed by atoms with E-state index in [-0.39, 0.29) is 30.5 Å². The summed E-state index contributed by atoms with van der Waals surface area (Å²) in [6, 6.07) is -0.956. The molecule has 1 fully saturated rings. The van der Waals surface area contributed by atoms with Crippen LogP contribution < -0.4 is 5.73 Å². The first-order chi connectivity index (χ1) is 9.50. The molecule has 3 aliphatic rings. The van der Waals surface area contributed by atoms with Gasteiger partial charge in [0.05, 0.1) is 22.6 Å². The highest BCUT2D eigenvalue weighted by Gasteiger charge is 2.45. The van der Waals surface area contributed by atoms with Crippen LogP contribution in [-0.2, 0) is 4.79 Å². The molecule has 0 aromatic rings. The number of hydrogen-bond acceptors (Lipinski definition) is 4. The minimum absolute atomic E-state index is 0.0106. The maximum Gasteiger partial charge on any atom is 0.321 e. The number of aliphatic imine (C=N–C) groups is 1. The minimum Gasteiger partial charge on any atom is -0.351 e. The van der Waals surface area contributed by atoms with Crippen molar-refractivity contribution < 1.29 is 9.59 Å². The topological polar surface area (TPSA) is 79.0 Å². The molecule has 0 aromatic carbocycles. The van der Waals surface area contributed by atoms with E-state index < -0.39 is 6.03 Å². The van der Waals surface area contributed by atoms with E-state index in [4.69, 9.17) is 5.73 Å². The van der Waals surface area contributed by atoms with Gasteiger partial charge in [0, 0.05) is 30.8 Å². The molecule has 0 spiro atoms. The van der Waals surface area contributed by atoms with Crippen LogP contribution in [0.2, 0.25) is 0 Å². The van der Waals surface area contributed by atoms with Crippen LogP contribution >= 0.6 is 16.1 Å². The van der Waals surface area contributed by atoms with Crippen molar-refractivity contribution >= 4 is 34.3 Å². The van der Waals surface area contributed by atoms with Crippen LogP contribution in [0.15, 0.2) is 28.4 Å². The molecule has 3 atom stereocenters. The van der Waals surface area contributed by atoms with E-state index in [9.17, 15) is 9.59 Å². The monoisotopic (exact) mass is 338 g/mol. The molecule has 3 heterocycles. The number of fused-ring (bicyclic) bond motifs is 3. The van der Waals surface area contributed by atoms with E-state index in [0.717, 1.165) is 17.6 Å². The lowest BCUT2D eigenvalue weighted by Gasteiger charge is -2.45. The Morgan fingerprint density at radius 1 is 1.55 bits per heavy atom. The second-order valence-electron chi connectivity index (χ2n) is 5.19. The highest BCUT2D eigenvalue weighted by Crippen LogP contribution is 2.43. The third-order valence-corrected chi connectivity index (χ3v) is 4.63. The van der Waals surface area contributed by atoms with Gasteiger partial charge in [0.15, 0.2) is 6.17 Å². The number of amides is 3. The second kappa shape index (κ2) is 4.73. The first-order valence-electron chi connectivity index (χ1n) is 6.48. The SMILES string of the molecule is CC1C2C(=CN(Br)C3N=CCC=C23)CC(=O)N1C(N)=O. The highest BCUT2D eigenvalue weighted by molar-refractivity contribution is 9.07. The lowest BCUT2D eigenvalue weighted by Crippen LogP contribution is -2.55. The van der Waals surface area contributed by atoms with Crippen LogP contribution in [-0.4, -0.2) is 39.2 Å². The number of primary amides is 1. The van der Waals surface area contributed by atoms with Gasteiger partial charge in [-0.2, -0.15) is 0 Å². The zero-order chi connectivity index (χ0) is 14.4. The van der Waals surface area contributed by atoms with E-state index in [2.05, 4.69) is 27.2 Å². The highest BCUT2D eigenvalue weighted by atomic mass is 79.9. The van der Waals surface area contributed by atoms with Crippen molar-refractivity contribution in [3.63, 3.8) is 0 Å². The molecule has 0 aliphatic carbocycles. The Hall–Kier alpha value is -1.63. The summed E-state index contributed by atoms with van der Waals surface area (Å²) in [5, 5.41) is 0. The molecule has 6 nitrogen and oxygen atoms in total. The molecule has 3 rings (SSSR count). The van der Waals surface area contributed by atoms with Crippen LogP contribution in [0.4, 0.5) is 4.79 Å². The van der Waals surface area contributed by atoms with Gasteiger partial charge in [-0.15, -0.1) is 0 Å². The molecule has 0 aromatic heterocycles. The van der Waals surface area contributed by atoms with E-state index >= 15 is 0 Å². The number of imide groups is 1. The molecular weight excluding hydrogens is 324 g/mol. The third-order valence-electron chi connectivity index (χ3n) is 4.04. The fourth-order valence-electron chi connectivity index (χ4n) is 3.26. The number of rotatable bonds is 0. The summed E-state index contributed by atoms with van der Waals surface area (Å²) in [4.78, 5) is 29.2. The van der Waals surface area contributed by atoms with Crippen molar-refractivity contribution in [3.05, 3.63) is 23.4 Å². The van der Waals surface area contributed by atoms with E-state index in [1.165, 1.54) is 4.90 Å². The number of piperidine rings is 1. The summed E-state index contributed by atoms with van der Waals surface area (Å²) in [5.41, 5.74) is 7.46. The Kier molecular flexibility index (Phi) is 3.16. The summed E-state index contributed by atoms with van der Waals surface area (Å²) >= 11 is 3.46. The van der Waals surface area contributed by atoms with Gasteiger partial charge in [-0.25, -0.2) is 4.79 Å². The average Bonchev–Trinajstić information content (AvgIpc) is 2.37. The van der Waals surface area contributed by atoms with Gasteiger partial charge in [-0.3, -0.25) is 18.6 Å². The zero-order valence-corrected chi connectivity index (χ0v) is 12.6. The summed E-state index contributed by atoms with van der Waals surface area (Å²) in [6.45, 7) is 1.86. The summed E-state index contributed by atoms with van der Waals surface area (Å²) in [5.74, 6) is -0.233. The molecule has 3 unspecified atom stereocenters. The largest absolute Gasteiger partial charge is 0.351 e. The van der Waals surface area contributed by atoms with Crippen molar-refractivity contribution in [2.75, 3.05) is 0 Å². The lowest BCUT2D eigenvalue weighted by atomic mass is 9.76. The lowest BCUT2D eigenvalue weighted by molar-refractivity contribution is -0.131. The fraction of sp³-hybridized carbons (Fsp3) is 0.462. The number of hydrogen-bond donors (Lipinski definition) is 1. The Labute approximate surface area is 125 Å². The number of allylic oxidation sites excluding steroid dienone is 1. The van der Waals surface area contributed by atoms with Crippen molar-refractivity contribution in [2.45, 2.75) is 32.0 Å². The van der Waals surface area contributed by atoms with Crippen LogP contribution in [0.5, 0.6) is 0 Å². The van der Waals surface area contributed by atoms with Gasteiger partial charge in [-0.1, -0.05) is 6.08 Å². The Bertz CT molecular complexity index is 569. The van der Waals surface area contributed by atoms with Gasteiger partial charge in [-0.05, 0) is 18.1 Å². The summed E-state index contributed by atoms with van der Waals surface area (Å²) in [6.07, 6.45) is 6.77. The normalized spacial score (nSPS) is 32.3. The molecular formula is C13H15BrN4O2. The summed E-state index contributed by atoms with van der Waals surface area (Å²) in [7, 11) is 0. The molecule has 2 N–H and O–H groups in total. The van der Waals surface area contributed by atoms with Crippen LogP contribution in [0.25, 0.3) is 0 Å². The van der Waals surface area contributed by atoms with E-state index in [1.54, 1.807) is 0 Å². The number of urea groups is 1. The smallest absolute Gasteiger partial charge is 0.321 e. The first-order valence-corrected chi connectivity index (χ1v) is 7.19. The van der Waals surface area contributed by atoms with Gasteiger partial charge in [0.1, 0.15) is 0 Å². The molecule has 7 heteroatoms. The molecule has 3 aliphatic heterocycles. The standard InChI is InChI=1S/C13H15BrN4O2/c1-7-11-8(5-10(19)18(7)13(15)20)6-17(14)12-9(11)3-2-4-16-12/h3-4,6-7,11-12H,2,5H2,1H3,(H2,15,20). The molecule has 0 saturated carbocycles. The zero-order valence-electron chi connectivity index (χ0n) is 11.0. The number of nitrogens with zero attached hydrogens (tertiary/aromatic N) is 3. The number of carbonyl (C=O) groups is 2. The van der Waals surface area contributed by atoms with Crippen molar-refractivity contribution in [1.29, 1.82) is 0 Å². The van der Waals surface area contributed by atoms with Gasteiger partial charge < -0.3 is 5.73 Å². The van der Waals surface area contributed by atoms with Crippen LogP contribution in [0.3, 0.4) is 0 Å². The molecule has 0 bridgehead atoms. The maximum absolute atomic E-state index is 12.1. The Morgan fingerprint density at radius 3 is 3.00 bits per heavy atom. The van der Waals surface area contributed by atoms with Crippen molar-refractivity contribution in [3.8, 4) is 0 Å². The number of likely N-dealkylation sites (tertiary alicyclic amines) is 1. The first kappa shape index (κ1) is 13.4. The Balaban J connectivity index is 2.04. The van der Waals surface area contributed by atoms with E-state index in [0.29, 0.717) is 0 Å². The number of carbonyl (C=O) groups excluding carboxylic acids is 2. The molecule has 20 heavy (non-hydrogen) atoms. The second-order valence-corrected chi connectivity index (χ2v) is 6.01. The predicted molar refractivity (Wildman–Crippen MR) is 77.8 cm³/mol. The molecule has 106 valence electrons. The molecule has 0 radical (unpaired) electrons. The van der Waals surface area contributed by atoms with Crippen molar-refractivity contribution in [1.82, 2.24) is 8.83 Å². The quantitative estimate of drug-likeness (QED) is 0.537. The van der Waals surface area contributed by atoms with Crippen LogP contribution in [0, 0.1) is 5.92 Å². The van der Waals surface area contributed by atoms with E-state index in [1.807, 2.05) is 23.3 Å². The van der Waals surface area contributed by atoms with Crippen LogP contribution in [0.1, 0.15) is 19.8 Å². The maximum atomic E-state index is 12.1. The average molecular weight is 339 g/mol. The Morgan fingerprint density at radius 2 is 2.30 bits per heavy atom. The predicted octanol–water partition coefficient (Wildman–Crippen LogP) is 1.54. The minimum atomic E-state index is -0.681. The fourth-order valence-corrected chi connectivity index (χ4v) is 3.87. The molecule has 3 amide bonds. The molecule has 1 saturated heterocycles. The third kappa shape index (κ3) is 1.88. The van der Waals surface area contributed by atoms with Gasteiger partial charge in [0.25, 0.3) is 0 Å². The number of nitrogens with two attached hydrogens (primary N) is 1. The summed E-state index contributed by atoms with van der Waals surface area (Å²) < 4.78 is 1.83. The van der Waals surface area contributed by atoms with Gasteiger partial charge >= 0.3 is 6.03 Å². The van der Waals surface area contributed by atoms with Crippen molar-refractivity contribution in [2.24, 2.45) is 16.6 Å². The number of dihydropyridines is 1.